The topological polar surface area (TPSA) is 73.7 Å². The third-order valence-electron chi connectivity index (χ3n) is 4.58. The zero-order valence-electron chi connectivity index (χ0n) is 14.9. The van der Waals surface area contributed by atoms with Gasteiger partial charge in [0, 0.05) is 26.2 Å². The van der Waals surface area contributed by atoms with E-state index in [9.17, 15) is 0 Å². The third-order valence-corrected chi connectivity index (χ3v) is 5.28. The first-order chi connectivity index (χ1) is 12.7. The van der Waals surface area contributed by atoms with Crippen LogP contribution in [-0.4, -0.2) is 84.1 Å². The van der Waals surface area contributed by atoms with Crippen LogP contribution in [-0.2, 0) is 9.47 Å². The molecule has 0 aromatic rings. The van der Waals surface area contributed by atoms with Crippen LogP contribution in [0.3, 0.4) is 0 Å². The molecule has 10 heteroatoms. The van der Waals surface area contributed by atoms with Crippen LogP contribution >= 0.6 is 24.4 Å². The number of rotatable bonds is 2. The van der Waals surface area contributed by atoms with Gasteiger partial charge in [-0.25, -0.2) is 0 Å². The van der Waals surface area contributed by atoms with E-state index in [2.05, 4.69) is 30.9 Å². The maximum atomic E-state index is 5.43. The quantitative estimate of drug-likeness (QED) is 0.520. The maximum absolute atomic E-state index is 5.43. The molecule has 0 aromatic carbocycles. The highest BCUT2D eigenvalue weighted by Gasteiger charge is 2.18. The van der Waals surface area contributed by atoms with E-state index in [0.29, 0.717) is 36.7 Å². The van der Waals surface area contributed by atoms with Gasteiger partial charge in [0.1, 0.15) is 0 Å². The van der Waals surface area contributed by atoms with E-state index in [1.54, 1.807) is 0 Å². The number of hydrogen-bond donors (Lipinski definition) is 2. The lowest BCUT2D eigenvalue weighted by atomic mass is 9.96. The van der Waals surface area contributed by atoms with Gasteiger partial charge in [-0.3, -0.25) is 10.9 Å². The third kappa shape index (κ3) is 5.57. The Morgan fingerprint density at radius 2 is 1.12 bits per heavy atom. The van der Waals surface area contributed by atoms with Crippen molar-refractivity contribution in [2.24, 2.45) is 10.2 Å². The van der Waals surface area contributed by atoms with Gasteiger partial charge in [0.2, 0.25) is 0 Å². The number of hydrogen-bond acceptors (Lipinski definition) is 6. The van der Waals surface area contributed by atoms with Crippen molar-refractivity contribution in [2.45, 2.75) is 25.7 Å². The Bertz CT molecular complexity index is 521. The molecule has 2 N–H and O–H groups in total. The number of morpholine rings is 2. The summed E-state index contributed by atoms with van der Waals surface area (Å²) in [5.41, 5.74) is 7.95. The van der Waals surface area contributed by atoms with Gasteiger partial charge < -0.3 is 19.3 Å². The van der Waals surface area contributed by atoms with Gasteiger partial charge in [-0.05, 0) is 50.1 Å². The van der Waals surface area contributed by atoms with Crippen LogP contribution in [0.25, 0.3) is 0 Å². The SMILES string of the molecule is S=C(N/N=C1/CCCC/C1=N\NC(=S)N1CCOCC1)N1CCOCC1. The molecule has 3 rings (SSSR count). The molecule has 0 unspecified atom stereocenters. The number of nitrogens with one attached hydrogen (secondary N) is 2. The molecule has 144 valence electrons. The van der Waals surface area contributed by atoms with E-state index >= 15 is 0 Å². The van der Waals surface area contributed by atoms with E-state index in [1.165, 1.54) is 0 Å². The zero-order chi connectivity index (χ0) is 18.2. The first kappa shape index (κ1) is 19.4. The molecule has 2 aliphatic heterocycles. The fourth-order valence-electron chi connectivity index (χ4n) is 3.02. The van der Waals surface area contributed by atoms with E-state index in [4.69, 9.17) is 33.9 Å². The van der Waals surface area contributed by atoms with Crippen LogP contribution in [0.5, 0.6) is 0 Å². The standard InChI is InChI=1S/C16H26N6O2S2/c25-15(21-5-9-23-10-6-21)19-17-13-3-1-2-4-14(13)18-20-16(26)22-7-11-24-12-8-22/h1-12H2,(H,19,25)(H,20,26)/b17-13-,18-14+. The van der Waals surface area contributed by atoms with Crippen molar-refractivity contribution in [1.29, 1.82) is 0 Å². The number of ether oxygens (including phenoxy) is 2. The molecule has 0 aromatic heterocycles. The Kier molecular flexibility index (Phi) is 7.54. The molecule has 8 nitrogen and oxygen atoms in total. The fraction of sp³-hybridized carbons (Fsp3) is 0.750. The minimum atomic E-state index is 0.641. The summed E-state index contributed by atoms with van der Waals surface area (Å²) in [6.45, 7) is 6.00. The minimum absolute atomic E-state index is 0.641. The molecule has 3 aliphatic rings. The van der Waals surface area contributed by atoms with Crippen LogP contribution in [0.15, 0.2) is 10.2 Å². The Labute approximate surface area is 164 Å². The summed E-state index contributed by atoms with van der Waals surface area (Å²) in [6, 6.07) is 0. The molecule has 3 fully saturated rings. The predicted molar refractivity (Wildman–Crippen MR) is 110 cm³/mol. The molecule has 0 spiro atoms. The smallest absolute Gasteiger partial charge is 0.189 e. The van der Waals surface area contributed by atoms with Crippen LogP contribution < -0.4 is 10.9 Å². The van der Waals surface area contributed by atoms with Crippen molar-refractivity contribution >= 4 is 46.1 Å². The number of thiocarbonyl (C=S) groups is 2. The molecular weight excluding hydrogens is 372 g/mol. The average Bonchev–Trinajstić information content (AvgIpc) is 2.72. The molecule has 0 bridgehead atoms. The second-order valence-electron chi connectivity index (χ2n) is 6.36. The van der Waals surface area contributed by atoms with Crippen molar-refractivity contribution < 1.29 is 9.47 Å². The lowest BCUT2D eigenvalue weighted by Gasteiger charge is -2.29. The molecule has 0 radical (unpaired) electrons. The first-order valence-corrected chi connectivity index (χ1v) is 9.94. The summed E-state index contributed by atoms with van der Waals surface area (Å²) < 4.78 is 10.7. The summed E-state index contributed by atoms with van der Waals surface area (Å²) in [6.07, 6.45) is 4.00. The van der Waals surface area contributed by atoms with Crippen LogP contribution in [0.1, 0.15) is 25.7 Å². The molecule has 1 aliphatic carbocycles. The largest absolute Gasteiger partial charge is 0.378 e. The van der Waals surface area contributed by atoms with Gasteiger partial charge in [0.05, 0.1) is 37.9 Å². The van der Waals surface area contributed by atoms with Gasteiger partial charge in [-0.2, -0.15) is 10.2 Å². The van der Waals surface area contributed by atoms with Crippen LogP contribution in [0.4, 0.5) is 0 Å². The summed E-state index contributed by atoms with van der Waals surface area (Å²) >= 11 is 10.9. The highest BCUT2D eigenvalue weighted by Crippen LogP contribution is 2.13. The summed E-state index contributed by atoms with van der Waals surface area (Å²) in [5.74, 6) is 0. The van der Waals surface area contributed by atoms with Crippen molar-refractivity contribution in [3.8, 4) is 0 Å². The lowest BCUT2D eigenvalue weighted by molar-refractivity contribution is 0.0677. The summed E-state index contributed by atoms with van der Waals surface area (Å²) in [7, 11) is 0. The Morgan fingerprint density at radius 1 is 0.731 bits per heavy atom. The second-order valence-corrected chi connectivity index (χ2v) is 7.13. The van der Waals surface area contributed by atoms with E-state index < -0.39 is 0 Å². The number of hydrazone groups is 2. The normalized spacial score (nSPS) is 24.6. The molecule has 2 heterocycles. The second kappa shape index (κ2) is 10.1. The Morgan fingerprint density at radius 3 is 1.50 bits per heavy atom. The van der Waals surface area contributed by atoms with Crippen molar-refractivity contribution in [2.75, 3.05) is 52.6 Å². The Balaban J connectivity index is 1.55. The zero-order valence-corrected chi connectivity index (χ0v) is 16.5. The van der Waals surface area contributed by atoms with Gasteiger partial charge in [0.25, 0.3) is 0 Å². The van der Waals surface area contributed by atoms with Gasteiger partial charge in [0.15, 0.2) is 10.2 Å². The van der Waals surface area contributed by atoms with Crippen LogP contribution in [0.2, 0.25) is 0 Å². The average molecular weight is 399 g/mol. The monoisotopic (exact) mass is 398 g/mol. The van der Waals surface area contributed by atoms with Crippen molar-refractivity contribution in [3.63, 3.8) is 0 Å². The van der Waals surface area contributed by atoms with Crippen molar-refractivity contribution in [1.82, 2.24) is 20.7 Å². The number of nitrogens with zero attached hydrogens (tertiary/aromatic N) is 4. The van der Waals surface area contributed by atoms with E-state index in [0.717, 1.165) is 63.3 Å². The summed E-state index contributed by atoms with van der Waals surface area (Å²) in [5, 5.41) is 10.3. The highest BCUT2D eigenvalue weighted by molar-refractivity contribution is 7.80. The van der Waals surface area contributed by atoms with Crippen LogP contribution in [0, 0.1) is 0 Å². The van der Waals surface area contributed by atoms with Gasteiger partial charge >= 0.3 is 0 Å². The summed E-state index contributed by atoms with van der Waals surface area (Å²) in [4.78, 5) is 4.16. The van der Waals surface area contributed by atoms with Gasteiger partial charge in [-0.1, -0.05) is 0 Å². The molecule has 1 saturated carbocycles. The molecule has 26 heavy (non-hydrogen) atoms. The van der Waals surface area contributed by atoms with E-state index in [1.807, 2.05) is 0 Å². The lowest BCUT2D eigenvalue weighted by Crippen LogP contribution is -2.45. The predicted octanol–water partition coefficient (Wildman–Crippen LogP) is 0.686. The van der Waals surface area contributed by atoms with Gasteiger partial charge in [-0.15, -0.1) is 0 Å². The minimum Gasteiger partial charge on any atom is -0.378 e. The first-order valence-electron chi connectivity index (χ1n) is 9.13. The highest BCUT2D eigenvalue weighted by atomic mass is 32.1. The maximum Gasteiger partial charge on any atom is 0.189 e. The van der Waals surface area contributed by atoms with E-state index in [-0.39, 0.29) is 0 Å². The Hall–Kier alpha value is -1.36. The molecule has 0 atom stereocenters. The molecular formula is C16H26N6O2S2. The molecule has 0 amide bonds. The van der Waals surface area contributed by atoms with Crippen molar-refractivity contribution in [3.05, 3.63) is 0 Å². The fourth-order valence-corrected chi connectivity index (χ4v) is 3.48. The molecule has 2 saturated heterocycles.